The van der Waals surface area contributed by atoms with Gasteiger partial charge in [-0.15, -0.1) is 0 Å². The Morgan fingerprint density at radius 1 is 1.00 bits per heavy atom. The second-order valence-electron chi connectivity index (χ2n) is 6.88. The number of piperidine rings is 1. The van der Waals surface area contributed by atoms with E-state index in [1.54, 1.807) is 4.90 Å². The first-order valence-corrected chi connectivity index (χ1v) is 9.19. The van der Waals surface area contributed by atoms with Crippen LogP contribution in [0.25, 0.3) is 0 Å². The van der Waals surface area contributed by atoms with Crippen molar-refractivity contribution >= 4 is 11.8 Å². The molecule has 1 spiro atoms. The highest BCUT2D eigenvalue weighted by Crippen LogP contribution is 2.31. The molecule has 142 valence electrons. The second-order valence-corrected chi connectivity index (χ2v) is 6.88. The highest BCUT2D eigenvalue weighted by atomic mass is 16.7. The molecule has 0 aliphatic carbocycles. The molecule has 2 amide bonds. The third kappa shape index (κ3) is 4.91. The van der Waals surface area contributed by atoms with Crippen LogP contribution in [0.2, 0.25) is 0 Å². The van der Waals surface area contributed by atoms with Crippen LogP contribution >= 0.6 is 0 Å². The van der Waals surface area contributed by atoms with E-state index in [0.29, 0.717) is 45.7 Å². The van der Waals surface area contributed by atoms with Crippen molar-refractivity contribution in [3.8, 4) is 0 Å². The summed E-state index contributed by atoms with van der Waals surface area (Å²) >= 11 is 0. The third-order valence-electron chi connectivity index (χ3n) is 5.25. The van der Waals surface area contributed by atoms with E-state index in [2.05, 4.69) is 4.90 Å². The molecule has 0 aromatic heterocycles. The molecule has 25 heavy (non-hydrogen) atoms. The molecule has 0 bridgehead atoms. The Bertz CT molecular complexity index is 465. The van der Waals surface area contributed by atoms with Crippen LogP contribution in [0.15, 0.2) is 0 Å². The van der Waals surface area contributed by atoms with Crippen molar-refractivity contribution in [2.45, 2.75) is 25.6 Å². The predicted molar refractivity (Wildman–Crippen MR) is 90.0 cm³/mol. The van der Waals surface area contributed by atoms with E-state index in [1.807, 2.05) is 4.90 Å². The number of carbonyl (C=O) groups is 2. The Labute approximate surface area is 149 Å². The summed E-state index contributed by atoms with van der Waals surface area (Å²) < 4.78 is 16.7. The summed E-state index contributed by atoms with van der Waals surface area (Å²) in [6.45, 7) is 8.76. The van der Waals surface area contributed by atoms with Crippen molar-refractivity contribution in [1.82, 2.24) is 14.7 Å². The summed E-state index contributed by atoms with van der Waals surface area (Å²) in [6.07, 6.45) is 1.40. The Balaban J connectivity index is 1.44. The van der Waals surface area contributed by atoms with Crippen LogP contribution in [0.4, 0.5) is 0 Å². The van der Waals surface area contributed by atoms with Gasteiger partial charge in [0.25, 0.3) is 0 Å². The average molecular weight is 355 g/mol. The maximum absolute atomic E-state index is 12.6. The first kappa shape index (κ1) is 18.6. The third-order valence-corrected chi connectivity index (χ3v) is 5.25. The van der Waals surface area contributed by atoms with E-state index >= 15 is 0 Å². The van der Waals surface area contributed by atoms with Gasteiger partial charge in [0.2, 0.25) is 11.8 Å². The van der Waals surface area contributed by atoms with Crippen molar-refractivity contribution in [1.29, 1.82) is 0 Å². The van der Waals surface area contributed by atoms with Crippen LogP contribution in [0, 0.1) is 0 Å². The molecular weight excluding hydrogens is 326 g/mol. The summed E-state index contributed by atoms with van der Waals surface area (Å²) in [6, 6.07) is 0. The Morgan fingerprint density at radius 3 is 2.24 bits per heavy atom. The monoisotopic (exact) mass is 355 g/mol. The van der Waals surface area contributed by atoms with E-state index in [9.17, 15) is 9.59 Å². The zero-order valence-corrected chi connectivity index (χ0v) is 15.1. The van der Waals surface area contributed by atoms with Crippen molar-refractivity contribution in [3.05, 3.63) is 0 Å². The number of carbonyl (C=O) groups excluding carboxylic acids is 2. The zero-order chi connectivity index (χ0) is 17.7. The topological polar surface area (TPSA) is 71.6 Å². The molecule has 0 radical (unpaired) electrons. The lowest BCUT2D eigenvalue weighted by molar-refractivity contribution is -0.187. The molecule has 0 atom stereocenters. The summed E-state index contributed by atoms with van der Waals surface area (Å²) in [7, 11) is 0. The zero-order valence-electron chi connectivity index (χ0n) is 15.1. The van der Waals surface area contributed by atoms with Gasteiger partial charge in [0, 0.05) is 59.0 Å². The van der Waals surface area contributed by atoms with E-state index in [0.717, 1.165) is 32.8 Å². The first-order chi connectivity index (χ1) is 12.1. The van der Waals surface area contributed by atoms with Crippen LogP contribution in [0.3, 0.4) is 0 Å². The van der Waals surface area contributed by atoms with Gasteiger partial charge in [-0.1, -0.05) is 0 Å². The number of ether oxygens (including phenoxy) is 3. The van der Waals surface area contributed by atoms with Crippen molar-refractivity contribution in [2.24, 2.45) is 0 Å². The lowest BCUT2D eigenvalue weighted by Crippen LogP contribution is -2.51. The highest BCUT2D eigenvalue weighted by Gasteiger charge is 2.40. The van der Waals surface area contributed by atoms with Gasteiger partial charge in [0.15, 0.2) is 5.79 Å². The van der Waals surface area contributed by atoms with Crippen LogP contribution in [0.5, 0.6) is 0 Å². The molecule has 0 unspecified atom stereocenters. The van der Waals surface area contributed by atoms with Gasteiger partial charge in [0.05, 0.1) is 33.0 Å². The van der Waals surface area contributed by atoms with Crippen LogP contribution in [-0.4, -0.2) is 105 Å². The number of rotatable bonds is 5. The molecule has 0 saturated carbocycles. The van der Waals surface area contributed by atoms with Gasteiger partial charge in [-0.05, 0) is 0 Å². The molecule has 3 saturated heterocycles. The second kappa shape index (κ2) is 8.44. The van der Waals surface area contributed by atoms with Crippen molar-refractivity contribution < 1.29 is 23.8 Å². The molecule has 3 heterocycles. The predicted octanol–water partition coefficient (Wildman–Crippen LogP) is -0.467. The number of morpholine rings is 1. The van der Waals surface area contributed by atoms with E-state index < -0.39 is 5.79 Å². The molecule has 8 nitrogen and oxygen atoms in total. The summed E-state index contributed by atoms with van der Waals surface area (Å²) in [5, 5.41) is 0. The standard InChI is InChI=1S/C17H29N3O5/c1-15(21)20(7-6-18-8-10-23-11-9-18)14-16(22)19-4-2-17(3-5-19)24-12-13-25-17/h2-14H2,1H3. The van der Waals surface area contributed by atoms with Crippen LogP contribution < -0.4 is 0 Å². The van der Waals surface area contributed by atoms with Gasteiger partial charge in [-0.3, -0.25) is 14.5 Å². The minimum Gasteiger partial charge on any atom is -0.379 e. The fraction of sp³-hybridized carbons (Fsp3) is 0.882. The van der Waals surface area contributed by atoms with Crippen molar-refractivity contribution in [2.75, 3.05) is 72.2 Å². The van der Waals surface area contributed by atoms with Gasteiger partial charge >= 0.3 is 0 Å². The van der Waals surface area contributed by atoms with E-state index in [4.69, 9.17) is 14.2 Å². The normalized spacial score (nSPS) is 23.8. The number of hydrogen-bond acceptors (Lipinski definition) is 6. The quantitative estimate of drug-likeness (QED) is 0.664. The van der Waals surface area contributed by atoms with Crippen molar-refractivity contribution in [3.63, 3.8) is 0 Å². The minimum atomic E-state index is -0.479. The summed E-state index contributed by atoms with van der Waals surface area (Å²) in [5.74, 6) is -0.532. The lowest BCUT2D eigenvalue weighted by atomic mass is 10.0. The van der Waals surface area contributed by atoms with Gasteiger partial charge in [-0.2, -0.15) is 0 Å². The molecule has 0 N–H and O–H groups in total. The number of hydrogen-bond donors (Lipinski definition) is 0. The number of likely N-dealkylation sites (tertiary alicyclic amines) is 1. The summed E-state index contributed by atoms with van der Waals surface area (Å²) in [4.78, 5) is 30.2. The van der Waals surface area contributed by atoms with Gasteiger partial charge in [-0.25, -0.2) is 0 Å². The Morgan fingerprint density at radius 2 is 1.64 bits per heavy atom. The Kier molecular flexibility index (Phi) is 6.27. The molecular formula is C17H29N3O5. The highest BCUT2D eigenvalue weighted by molar-refractivity contribution is 5.83. The fourth-order valence-corrected chi connectivity index (χ4v) is 3.58. The molecule has 3 aliphatic heterocycles. The maximum Gasteiger partial charge on any atom is 0.242 e. The fourth-order valence-electron chi connectivity index (χ4n) is 3.58. The number of nitrogens with zero attached hydrogens (tertiary/aromatic N) is 3. The summed E-state index contributed by atoms with van der Waals surface area (Å²) in [5.41, 5.74) is 0. The molecule has 8 heteroatoms. The van der Waals surface area contributed by atoms with E-state index in [-0.39, 0.29) is 18.4 Å². The first-order valence-electron chi connectivity index (χ1n) is 9.19. The number of amides is 2. The lowest BCUT2D eigenvalue weighted by Gasteiger charge is -2.38. The molecule has 0 aromatic rings. The van der Waals surface area contributed by atoms with Crippen LogP contribution in [0.1, 0.15) is 19.8 Å². The smallest absolute Gasteiger partial charge is 0.242 e. The molecule has 0 aromatic carbocycles. The van der Waals surface area contributed by atoms with Crippen LogP contribution in [-0.2, 0) is 23.8 Å². The average Bonchev–Trinajstić information content (AvgIpc) is 3.07. The van der Waals surface area contributed by atoms with E-state index in [1.165, 1.54) is 6.92 Å². The SMILES string of the molecule is CC(=O)N(CCN1CCOCC1)CC(=O)N1CCC2(CC1)OCCO2. The maximum atomic E-state index is 12.6. The minimum absolute atomic E-state index is 0.00465. The Hall–Kier alpha value is -1.22. The van der Waals surface area contributed by atoms with Gasteiger partial charge < -0.3 is 24.0 Å². The largest absolute Gasteiger partial charge is 0.379 e. The molecule has 3 fully saturated rings. The van der Waals surface area contributed by atoms with Gasteiger partial charge in [0.1, 0.15) is 0 Å². The molecule has 3 rings (SSSR count). The molecule has 3 aliphatic rings.